The van der Waals surface area contributed by atoms with Crippen LogP contribution in [-0.4, -0.2) is 50.1 Å². The van der Waals surface area contributed by atoms with Gasteiger partial charge in [-0.2, -0.15) is 4.57 Å². The van der Waals surface area contributed by atoms with Crippen LogP contribution in [0.5, 0.6) is 0 Å². The molecule has 1 aliphatic rings. The second-order valence-corrected chi connectivity index (χ2v) is 7.28. The predicted molar refractivity (Wildman–Crippen MR) is 87.5 cm³/mol. The lowest BCUT2D eigenvalue weighted by Crippen LogP contribution is -2.47. The highest BCUT2D eigenvalue weighted by atomic mass is 32.1. The second-order valence-electron chi connectivity index (χ2n) is 5.24. The lowest BCUT2D eigenvalue weighted by atomic mass is 10.1. The van der Waals surface area contributed by atoms with Crippen molar-refractivity contribution in [2.75, 3.05) is 6.61 Å². The summed E-state index contributed by atoms with van der Waals surface area (Å²) in [5, 5.41) is 19.5. The fourth-order valence-electron chi connectivity index (χ4n) is 2.28. The molecule has 1 aromatic heterocycles. The first-order chi connectivity index (χ1) is 11.5. The van der Waals surface area contributed by atoms with Crippen molar-refractivity contribution >= 4 is 42.8 Å². The third kappa shape index (κ3) is 5.03. The Morgan fingerprint density at radius 3 is 2.56 bits per heavy atom. The molecule has 5 N–H and O–H groups in total. The number of rotatable bonds is 6. The number of nitrogens with zero attached hydrogens (tertiary/aromatic N) is 1. The number of nitrogens with two attached hydrogens (primary N) is 1. The molecule has 0 bridgehead atoms. The molecule has 0 aliphatic carbocycles. The van der Waals surface area contributed by atoms with E-state index >= 15 is 0 Å². The van der Waals surface area contributed by atoms with Crippen molar-refractivity contribution in [1.29, 1.82) is 0 Å². The highest BCUT2D eigenvalue weighted by molar-refractivity contribution is 7.97. The molecule has 0 spiro atoms. The van der Waals surface area contributed by atoms with E-state index in [9.17, 15) is 24.5 Å². The Kier molecular flexibility index (Phi) is 6.30. The molecule has 1 aromatic rings. The molecular formula is C12H15N2O8PS2. The van der Waals surface area contributed by atoms with Gasteiger partial charge in [-0.1, -0.05) is 12.2 Å². The smallest absolute Gasteiger partial charge is 0.292 e. The number of aromatic nitrogens is 1. The van der Waals surface area contributed by atoms with Crippen LogP contribution >= 0.6 is 32.7 Å². The van der Waals surface area contributed by atoms with Crippen molar-refractivity contribution in [1.82, 2.24) is 0 Å². The van der Waals surface area contributed by atoms with Crippen LogP contribution in [-0.2, 0) is 13.8 Å². The van der Waals surface area contributed by atoms with Gasteiger partial charge in [-0.3, -0.25) is 9.36 Å². The number of thiocarbonyl (C=S) groups is 1. The summed E-state index contributed by atoms with van der Waals surface area (Å²) in [6.07, 6.45) is -2.73. The first kappa shape index (κ1) is 20.4. The Labute approximate surface area is 152 Å². The molecule has 0 saturated carbocycles. The highest BCUT2D eigenvalue weighted by Crippen LogP contribution is 2.33. The molecule has 1 aliphatic heterocycles. The second kappa shape index (κ2) is 7.74. The minimum Gasteiger partial charge on any atom is -0.756 e. The number of aliphatic hydroxyl groups is 2. The van der Waals surface area contributed by atoms with E-state index in [0.717, 1.165) is 0 Å². The molecule has 2 rings (SSSR count). The minimum atomic E-state index is -5.02. The Morgan fingerprint density at radius 1 is 1.44 bits per heavy atom. The summed E-state index contributed by atoms with van der Waals surface area (Å²) >= 11 is 8.58. The number of ether oxygens (including phenoxy) is 1. The van der Waals surface area contributed by atoms with Gasteiger partial charge in [0.2, 0.25) is 5.12 Å². The third-order valence-electron chi connectivity index (χ3n) is 3.45. The molecule has 1 fully saturated rings. The van der Waals surface area contributed by atoms with Crippen molar-refractivity contribution < 1.29 is 43.2 Å². The van der Waals surface area contributed by atoms with Crippen molar-refractivity contribution in [3.8, 4) is 0 Å². The first-order valence-corrected chi connectivity index (χ1v) is 9.13. The van der Waals surface area contributed by atoms with E-state index in [1.54, 1.807) is 0 Å². The largest absolute Gasteiger partial charge is 0.756 e. The van der Waals surface area contributed by atoms with Gasteiger partial charge in [0.25, 0.3) is 14.1 Å². The Hall–Kier alpha value is -0.950. The predicted octanol–water partition coefficient (Wildman–Crippen LogP) is -2.23. The SMILES string of the molecule is NC(=S)c1cc(C(=O)S)c[n+]([C@@H]2O[C@H](COP(=O)([O-])O)[C@@H](O)[C@H]2O)c1. The van der Waals surface area contributed by atoms with E-state index in [1.807, 2.05) is 0 Å². The fraction of sp³-hybridized carbons (Fsp3) is 0.417. The van der Waals surface area contributed by atoms with E-state index < -0.39 is 44.1 Å². The van der Waals surface area contributed by atoms with Crippen LogP contribution in [0.15, 0.2) is 18.5 Å². The van der Waals surface area contributed by atoms with Crippen LogP contribution in [0.3, 0.4) is 0 Å². The maximum absolute atomic E-state index is 11.5. The average Bonchev–Trinajstić information content (AvgIpc) is 2.79. The van der Waals surface area contributed by atoms with Gasteiger partial charge in [0, 0.05) is 0 Å². The van der Waals surface area contributed by atoms with Crippen molar-refractivity contribution in [2.45, 2.75) is 24.5 Å². The van der Waals surface area contributed by atoms with Crippen LogP contribution in [0.2, 0.25) is 0 Å². The molecule has 5 atom stereocenters. The maximum Gasteiger partial charge on any atom is 0.292 e. The number of carbonyl (C=O) groups excluding carboxylic acids is 1. The molecule has 2 heterocycles. The summed E-state index contributed by atoms with van der Waals surface area (Å²) in [7, 11) is -5.02. The van der Waals surface area contributed by atoms with Crippen LogP contribution in [0, 0.1) is 0 Å². The standard InChI is InChI=1S/C12H15N2O8PS2/c13-10(24)5-1-6(12(17)25)3-14(2-5)11-9(16)8(15)7(22-11)4-21-23(18,19)20/h1-3,7-9,11,15-16H,4H2,(H4-,13,17,18,19,20,24,25)/t7-,8-,9-,11-/m1/s1. The molecule has 0 amide bonds. The summed E-state index contributed by atoms with van der Waals surface area (Å²) in [5.74, 6) is 0. The van der Waals surface area contributed by atoms with Gasteiger partial charge in [0.05, 0.1) is 17.7 Å². The van der Waals surface area contributed by atoms with Gasteiger partial charge in [0.15, 0.2) is 18.5 Å². The van der Waals surface area contributed by atoms with E-state index in [4.69, 9.17) is 27.6 Å². The number of carbonyl (C=O) groups is 1. The number of aliphatic hydroxyl groups excluding tert-OH is 2. The average molecular weight is 410 g/mol. The first-order valence-electron chi connectivity index (χ1n) is 6.78. The van der Waals surface area contributed by atoms with Gasteiger partial charge in [-0.25, -0.2) is 0 Å². The van der Waals surface area contributed by atoms with Crippen molar-refractivity contribution in [2.24, 2.45) is 5.73 Å². The number of thiol groups is 1. The van der Waals surface area contributed by atoms with Crippen molar-refractivity contribution in [3.05, 3.63) is 29.6 Å². The molecule has 25 heavy (non-hydrogen) atoms. The molecule has 10 nitrogen and oxygen atoms in total. The topological polar surface area (TPSA) is 166 Å². The van der Waals surface area contributed by atoms with Gasteiger partial charge < -0.3 is 35.0 Å². The van der Waals surface area contributed by atoms with E-state index in [-0.39, 0.29) is 10.6 Å². The fourth-order valence-corrected chi connectivity index (χ4v) is 2.85. The number of pyridine rings is 1. The van der Waals surface area contributed by atoms with Crippen LogP contribution < -0.4 is 15.2 Å². The molecule has 0 radical (unpaired) electrons. The van der Waals surface area contributed by atoms with E-state index in [2.05, 4.69) is 17.2 Å². The summed E-state index contributed by atoms with van der Waals surface area (Å²) in [6.45, 7) is -0.708. The summed E-state index contributed by atoms with van der Waals surface area (Å²) in [4.78, 5) is 30.7. The summed E-state index contributed by atoms with van der Waals surface area (Å²) in [5.41, 5.74) is 5.95. The Balaban J connectivity index is 2.30. The number of phosphoric acid groups is 1. The molecule has 1 unspecified atom stereocenters. The monoisotopic (exact) mass is 410 g/mol. The zero-order valence-corrected chi connectivity index (χ0v) is 15.1. The van der Waals surface area contributed by atoms with Gasteiger partial charge in [0.1, 0.15) is 17.2 Å². The normalized spacial score (nSPS) is 28.5. The van der Waals surface area contributed by atoms with Gasteiger partial charge in [-0.05, 0) is 6.07 Å². The summed E-state index contributed by atoms with van der Waals surface area (Å²) in [6, 6.07) is 1.39. The molecular weight excluding hydrogens is 395 g/mol. The third-order valence-corrected chi connectivity index (χ3v) is 4.42. The van der Waals surface area contributed by atoms with Crippen molar-refractivity contribution in [3.63, 3.8) is 0 Å². The van der Waals surface area contributed by atoms with Crippen LogP contribution in [0.25, 0.3) is 0 Å². The number of hydrogen-bond donors (Lipinski definition) is 5. The summed E-state index contributed by atoms with van der Waals surface area (Å²) < 4.78 is 21.5. The van der Waals surface area contributed by atoms with Crippen LogP contribution in [0.1, 0.15) is 22.1 Å². The quantitative estimate of drug-likeness (QED) is 0.150. The molecule has 0 aromatic carbocycles. The molecule has 138 valence electrons. The zero-order valence-electron chi connectivity index (χ0n) is 12.5. The zero-order chi connectivity index (χ0) is 18.9. The number of phosphoric ester groups is 1. The lowest BCUT2D eigenvalue weighted by Gasteiger charge is -2.19. The minimum absolute atomic E-state index is 0.0225. The van der Waals surface area contributed by atoms with E-state index in [0.29, 0.717) is 5.56 Å². The van der Waals surface area contributed by atoms with Gasteiger partial charge in [-0.15, -0.1) is 12.6 Å². The lowest BCUT2D eigenvalue weighted by molar-refractivity contribution is -0.765. The maximum atomic E-state index is 11.5. The van der Waals surface area contributed by atoms with Gasteiger partial charge >= 0.3 is 0 Å². The van der Waals surface area contributed by atoms with Crippen LogP contribution in [0.4, 0.5) is 0 Å². The number of hydrogen-bond acceptors (Lipinski definition) is 8. The highest BCUT2D eigenvalue weighted by Gasteiger charge is 2.48. The van der Waals surface area contributed by atoms with E-state index in [1.165, 1.54) is 23.0 Å². The Bertz CT molecular complexity index is 710. The Morgan fingerprint density at radius 2 is 2.04 bits per heavy atom. The molecule has 13 heteroatoms. The molecule has 1 saturated heterocycles.